The Hall–Kier alpha value is -2.64. The molecule has 3 aromatic rings. The fourth-order valence-electron chi connectivity index (χ4n) is 2.77. The second-order valence-electron chi connectivity index (χ2n) is 6.09. The molecular formula is C21H19BrN2O3S. The van der Waals surface area contributed by atoms with Crippen LogP contribution in [0.4, 0.5) is 5.69 Å². The van der Waals surface area contributed by atoms with Crippen LogP contribution in [0.15, 0.2) is 64.5 Å². The zero-order valence-electron chi connectivity index (χ0n) is 15.4. The average molecular weight is 459 g/mol. The van der Waals surface area contributed by atoms with Crippen molar-refractivity contribution in [2.45, 2.75) is 6.54 Å². The van der Waals surface area contributed by atoms with Gasteiger partial charge in [0, 0.05) is 23.6 Å². The lowest BCUT2D eigenvalue weighted by atomic mass is 10.1. The number of para-hydroxylation sites is 1. The summed E-state index contributed by atoms with van der Waals surface area (Å²) in [5.74, 6) is 0.290. The van der Waals surface area contributed by atoms with Crippen LogP contribution in [0.1, 0.15) is 25.6 Å². The largest absolute Gasteiger partial charge is 0.496 e. The molecule has 2 amide bonds. The Kier molecular flexibility index (Phi) is 6.49. The number of nitrogens with one attached hydrogen (secondary N) is 1. The maximum Gasteiger partial charge on any atom is 0.265 e. The van der Waals surface area contributed by atoms with E-state index in [0.29, 0.717) is 28.4 Å². The highest BCUT2D eigenvalue weighted by Gasteiger charge is 2.19. The zero-order chi connectivity index (χ0) is 20.1. The van der Waals surface area contributed by atoms with Crippen molar-refractivity contribution in [1.29, 1.82) is 0 Å². The van der Waals surface area contributed by atoms with Gasteiger partial charge < -0.3 is 15.0 Å². The fourth-order valence-corrected chi connectivity index (χ4v) is 3.80. The van der Waals surface area contributed by atoms with Crippen LogP contribution >= 0.6 is 27.3 Å². The van der Waals surface area contributed by atoms with Gasteiger partial charge in [-0.15, -0.1) is 11.3 Å². The molecule has 0 unspecified atom stereocenters. The molecule has 144 valence electrons. The predicted molar refractivity (Wildman–Crippen MR) is 115 cm³/mol. The Morgan fingerprint density at radius 1 is 1.14 bits per heavy atom. The normalized spacial score (nSPS) is 10.4. The lowest BCUT2D eigenvalue weighted by Crippen LogP contribution is -2.27. The highest BCUT2D eigenvalue weighted by atomic mass is 79.9. The second kappa shape index (κ2) is 9.03. The first-order valence-corrected chi connectivity index (χ1v) is 10.2. The molecule has 0 radical (unpaired) electrons. The molecule has 5 nitrogen and oxygen atoms in total. The van der Waals surface area contributed by atoms with Gasteiger partial charge in [0.05, 0.1) is 23.2 Å². The highest BCUT2D eigenvalue weighted by molar-refractivity contribution is 9.10. The molecule has 0 atom stereocenters. The third-order valence-corrected chi connectivity index (χ3v) is 5.51. The minimum Gasteiger partial charge on any atom is -0.496 e. The topological polar surface area (TPSA) is 58.6 Å². The van der Waals surface area contributed by atoms with Crippen LogP contribution in [0.3, 0.4) is 0 Å². The molecule has 0 saturated heterocycles. The first-order chi connectivity index (χ1) is 13.5. The van der Waals surface area contributed by atoms with Crippen molar-refractivity contribution in [1.82, 2.24) is 4.90 Å². The van der Waals surface area contributed by atoms with E-state index < -0.39 is 0 Å². The van der Waals surface area contributed by atoms with Gasteiger partial charge in [-0.25, -0.2) is 0 Å². The fraction of sp³-hybridized carbons (Fsp3) is 0.143. The third-order valence-electron chi connectivity index (χ3n) is 4.15. The summed E-state index contributed by atoms with van der Waals surface area (Å²) in [6, 6.07) is 16.2. The monoisotopic (exact) mass is 458 g/mol. The number of nitrogens with zero attached hydrogens (tertiary/aromatic N) is 1. The van der Waals surface area contributed by atoms with Gasteiger partial charge in [0.25, 0.3) is 11.8 Å². The number of amides is 2. The van der Waals surface area contributed by atoms with Gasteiger partial charge in [-0.2, -0.15) is 0 Å². The maximum absolute atomic E-state index is 13.0. The van der Waals surface area contributed by atoms with E-state index in [9.17, 15) is 9.59 Å². The van der Waals surface area contributed by atoms with Crippen molar-refractivity contribution >= 4 is 44.8 Å². The van der Waals surface area contributed by atoms with Crippen LogP contribution in [0.5, 0.6) is 5.75 Å². The zero-order valence-corrected chi connectivity index (χ0v) is 17.8. The second-order valence-corrected chi connectivity index (χ2v) is 7.96. The summed E-state index contributed by atoms with van der Waals surface area (Å²) in [5, 5.41) is 4.67. The lowest BCUT2D eigenvalue weighted by molar-refractivity contribution is 0.0785. The highest BCUT2D eigenvalue weighted by Crippen LogP contribution is 2.25. The van der Waals surface area contributed by atoms with Gasteiger partial charge in [-0.3, -0.25) is 9.59 Å². The molecule has 1 heterocycles. The quantitative estimate of drug-likeness (QED) is 0.562. The molecule has 0 fully saturated rings. The molecule has 0 aliphatic rings. The summed E-state index contributed by atoms with van der Waals surface area (Å²) < 4.78 is 6.30. The molecule has 7 heteroatoms. The van der Waals surface area contributed by atoms with Gasteiger partial charge in [-0.05, 0) is 41.8 Å². The number of rotatable bonds is 6. The Morgan fingerprint density at radius 3 is 2.64 bits per heavy atom. The molecule has 1 aromatic heterocycles. The molecule has 0 saturated carbocycles. The lowest BCUT2D eigenvalue weighted by Gasteiger charge is -2.20. The van der Waals surface area contributed by atoms with Gasteiger partial charge in [0.1, 0.15) is 5.75 Å². The van der Waals surface area contributed by atoms with E-state index in [0.717, 1.165) is 10.0 Å². The summed E-state index contributed by atoms with van der Waals surface area (Å²) in [4.78, 5) is 27.6. The number of methoxy groups -OCH3 is 1. The van der Waals surface area contributed by atoms with Crippen LogP contribution < -0.4 is 10.1 Å². The average Bonchev–Trinajstić information content (AvgIpc) is 3.23. The molecule has 0 bridgehead atoms. The Morgan fingerprint density at radius 2 is 1.93 bits per heavy atom. The number of halogens is 1. The number of thiophene rings is 1. The number of benzene rings is 2. The molecule has 2 aromatic carbocycles. The van der Waals surface area contributed by atoms with E-state index in [-0.39, 0.29) is 11.8 Å². The number of carbonyl (C=O) groups excluding carboxylic acids is 2. The van der Waals surface area contributed by atoms with Gasteiger partial charge in [0.2, 0.25) is 0 Å². The predicted octanol–water partition coefficient (Wildman–Crippen LogP) is 5.04. The van der Waals surface area contributed by atoms with E-state index in [1.807, 2.05) is 29.6 Å². The van der Waals surface area contributed by atoms with Crippen LogP contribution in [0.2, 0.25) is 0 Å². The number of carbonyl (C=O) groups is 2. The minimum absolute atomic E-state index is 0.191. The summed E-state index contributed by atoms with van der Waals surface area (Å²) in [5.41, 5.74) is 1.80. The molecule has 28 heavy (non-hydrogen) atoms. The van der Waals surface area contributed by atoms with E-state index >= 15 is 0 Å². The van der Waals surface area contributed by atoms with Crippen molar-refractivity contribution in [3.63, 3.8) is 0 Å². The summed E-state index contributed by atoms with van der Waals surface area (Å²) >= 11 is 4.80. The standard InChI is InChI=1S/C21H19BrN2O3S/c1-24(13-14-12-15(22)9-10-18(14)27-2)21(26)16-6-3-4-7-17(16)23-20(25)19-8-5-11-28-19/h3-12H,13H2,1-2H3,(H,23,25). The molecular weight excluding hydrogens is 440 g/mol. The van der Waals surface area contributed by atoms with E-state index in [2.05, 4.69) is 21.2 Å². The summed E-state index contributed by atoms with van der Waals surface area (Å²) in [7, 11) is 3.32. The van der Waals surface area contributed by atoms with E-state index in [1.54, 1.807) is 49.4 Å². The van der Waals surface area contributed by atoms with Crippen LogP contribution in [-0.4, -0.2) is 30.9 Å². The Bertz CT molecular complexity index is 989. The number of hydrogen-bond donors (Lipinski definition) is 1. The first-order valence-electron chi connectivity index (χ1n) is 8.51. The molecule has 0 aliphatic carbocycles. The van der Waals surface area contributed by atoms with Gasteiger partial charge >= 0.3 is 0 Å². The minimum atomic E-state index is -0.230. The van der Waals surface area contributed by atoms with Crippen molar-refractivity contribution in [2.24, 2.45) is 0 Å². The van der Waals surface area contributed by atoms with Crippen molar-refractivity contribution < 1.29 is 14.3 Å². The van der Waals surface area contributed by atoms with Crippen molar-refractivity contribution in [2.75, 3.05) is 19.5 Å². The van der Waals surface area contributed by atoms with Crippen molar-refractivity contribution in [3.8, 4) is 5.75 Å². The number of hydrogen-bond acceptors (Lipinski definition) is 4. The smallest absolute Gasteiger partial charge is 0.265 e. The molecule has 3 rings (SSSR count). The summed E-state index contributed by atoms with van der Waals surface area (Å²) in [6.07, 6.45) is 0. The maximum atomic E-state index is 13.0. The SMILES string of the molecule is COc1ccc(Br)cc1CN(C)C(=O)c1ccccc1NC(=O)c1cccs1. The van der Waals surface area contributed by atoms with Crippen LogP contribution in [0, 0.1) is 0 Å². The van der Waals surface area contributed by atoms with Gasteiger partial charge in [0.15, 0.2) is 0 Å². The van der Waals surface area contributed by atoms with E-state index in [4.69, 9.17) is 4.74 Å². The first kappa shape index (κ1) is 20.1. The van der Waals surface area contributed by atoms with Crippen molar-refractivity contribution in [3.05, 3.63) is 80.5 Å². The number of anilines is 1. The Balaban J connectivity index is 1.81. The molecule has 0 aliphatic heterocycles. The number of ether oxygens (including phenoxy) is 1. The molecule has 1 N–H and O–H groups in total. The van der Waals surface area contributed by atoms with Gasteiger partial charge in [-0.1, -0.05) is 34.1 Å². The third kappa shape index (κ3) is 4.61. The Labute approximate surface area is 176 Å². The summed E-state index contributed by atoms with van der Waals surface area (Å²) in [6.45, 7) is 0.370. The van der Waals surface area contributed by atoms with Crippen LogP contribution in [-0.2, 0) is 6.54 Å². The van der Waals surface area contributed by atoms with E-state index in [1.165, 1.54) is 11.3 Å². The van der Waals surface area contributed by atoms with Crippen LogP contribution in [0.25, 0.3) is 0 Å². The molecule has 0 spiro atoms.